The summed E-state index contributed by atoms with van der Waals surface area (Å²) in [5, 5.41) is 4.50. The molecule has 0 atom stereocenters. The average Bonchev–Trinajstić information content (AvgIpc) is 3.18. The summed E-state index contributed by atoms with van der Waals surface area (Å²) >= 11 is 0. The van der Waals surface area contributed by atoms with Crippen molar-refractivity contribution in [2.45, 2.75) is 31.7 Å². The van der Waals surface area contributed by atoms with Gasteiger partial charge in [-0.3, -0.25) is 4.79 Å². The molecule has 7 heteroatoms. The second-order valence-corrected chi connectivity index (χ2v) is 8.19. The zero-order valence-electron chi connectivity index (χ0n) is 17.9. The van der Waals surface area contributed by atoms with Gasteiger partial charge in [0, 0.05) is 22.7 Å². The Balaban J connectivity index is 1.74. The van der Waals surface area contributed by atoms with Crippen molar-refractivity contribution in [1.29, 1.82) is 0 Å². The SMILES string of the molecule is CCOc1cc(C(N)=O)nn2c(-c3ccccc3)c(-c3ccc(C4(N)CCC4)cc3)nc12. The molecule has 162 valence electrons. The summed E-state index contributed by atoms with van der Waals surface area (Å²) in [7, 11) is 0. The first-order valence-electron chi connectivity index (χ1n) is 10.8. The highest BCUT2D eigenvalue weighted by molar-refractivity contribution is 5.92. The van der Waals surface area contributed by atoms with Crippen molar-refractivity contribution in [3.8, 4) is 28.3 Å². The van der Waals surface area contributed by atoms with E-state index in [2.05, 4.69) is 17.2 Å². The summed E-state index contributed by atoms with van der Waals surface area (Å²) < 4.78 is 7.44. The Hall–Kier alpha value is -3.71. The maximum Gasteiger partial charge on any atom is 0.269 e. The van der Waals surface area contributed by atoms with Gasteiger partial charge in [0.15, 0.2) is 17.1 Å². The van der Waals surface area contributed by atoms with Gasteiger partial charge in [-0.25, -0.2) is 9.50 Å². The van der Waals surface area contributed by atoms with Crippen molar-refractivity contribution >= 4 is 11.6 Å². The van der Waals surface area contributed by atoms with Crippen LogP contribution >= 0.6 is 0 Å². The molecule has 1 aliphatic carbocycles. The van der Waals surface area contributed by atoms with Gasteiger partial charge < -0.3 is 16.2 Å². The number of benzene rings is 2. The van der Waals surface area contributed by atoms with Crippen LogP contribution in [0.4, 0.5) is 0 Å². The number of aromatic nitrogens is 3. The topological polar surface area (TPSA) is 109 Å². The number of nitrogens with two attached hydrogens (primary N) is 2. The molecule has 0 unspecified atom stereocenters. The Bertz CT molecular complexity index is 1290. The van der Waals surface area contributed by atoms with Crippen LogP contribution in [0.3, 0.4) is 0 Å². The Morgan fingerprint density at radius 3 is 2.41 bits per heavy atom. The molecule has 0 aliphatic heterocycles. The zero-order chi connectivity index (χ0) is 22.3. The number of nitrogens with zero attached hydrogens (tertiary/aromatic N) is 3. The van der Waals surface area contributed by atoms with Crippen molar-refractivity contribution < 1.29 is 9.53 Å². The molecule has 0 radical (unpaired) electrons. The molecule has 5 rings (SSSR count). The Morgan fingerprint density at radius 1 is 1.09 bits per heavy atom. The second kappa shape index (κ2) is 7.76. The van der Waals surface area contributed by atoms with Crippen molar-refractivity contribution in [1.82, 2.24) is 14.6 Å². The van der Waals surface area contributed by atoms with E-state index in [1.165, 1.54) is 0 Å². The smallest absolute Gasteiger partial charge is 0.269 e. The van der Waals surface area contributed by atoms with Gasteiger partial charge in [-0.05, 0) is 31.7 Å². The van der Waals surface area contributed by atoms with Gasteiger partial charge in [-0.15, -0.1) is 0 Å². The number of ether oxygens (including phenoxy) is 1. The number of carbonyl (C=O) groups is 1. The van der Waals surface area contributed by atoms with Gasteiger partial charge in [0.05, 0.1) is 12.3 Å². The van der Waals surface area contributed by atoms with Crippen LogP contribution in [0.5, 0.6) is 5.75 Å². The van der Waals surface area contributed by atoms with E-state index < -0.39 is 5.91 Å². The summed E-state index contributed by atoms with van der Waals surface area (Å²) in [6, 6.07) is 19.7. The third-order valence-electron chi connectivity index (χ3n) is 6.13. The molecular formula is C25H25N5O2. The van der Waals surface area contributed by atoms with E-state index in [0.29, 0.717) is 18.0 Å². The van der Waals surface area contributed by atoms with Crippen molar-refractivity contribution in [2.24, 2.45) is 11.5 Å². The highest BCUT2D eigenvalue weighted by Crippen LogP contribution is 2.40. The number of rotatable bonds is 6. The molecule has 2 heterocycles. The predicted octanol–water partition coefficient (Wildman–Crippen LogP) is 3.90. The first-order valence-corrected chi connectivity index (χ1v) is 10.8. The molecule has 1 amide bonds. The zero-order valence-corrected chi connectivity index (χ0v) is 17.9. The third-order valence-corrected chi connectivity index (χ3v) is 6.13. The van der Waals surface area contributed by atoms with Crippen LogP contribution in [-0.2, 0) is 5.54 Å². The highest BCUT2D eigenvalue weighted by Gasteiger charge is 2.34. The summed E-state index contributed by atoms with van der Waals surface area (Å²) in [6.45, 7) is 2.30. The standard InChI is InChI=1S/C25H25N5O2/c1-2-32-20-15-19(23(26)31)29-30-22(17-7-4-3-5-8-17)21(28-24(20)30)16-9-11-18(12-10-16)25(27)13-6-14-25/h3-5,7-12,15H,2,6,13-14,27H2,1H3,(H2,26,31). The molecular weight excluding hydrogens is 402 g/mol. The van der Waals surface area contributed by atoms with E-state index in [1.807, 2.05) is 49.4 Å². The summed E-state index contributed by atoms with van der Waals surface area (Å²) in [4.78, 5) is 16.8. The number of hydrogen-bond donors (Lipinski definition) is 2. The molecule has 2 aromatic heterocycles. The molecule has 0 spiro atoms. The van der Waals surface area contributed by atoms with Crippen LogP contribution in [0.1, 0.15) is 42.2 Å². The largest absolute Gasteiger partial charge is 0.490 e. The van der Waals surface area contributed by atoms with Crippen LogP contribution in [-0.4, -0.2) is 27.1 Å². The molecule has 32 heavy (non-hydrogen) atoms. The van der Waals surface area contributed by atoms with Gasteiger partial charge >= 0.3 is 0 Å². The van der Waals surface area contributed by atoms with Crippen molar-refractivity contribution in [2.75, 3.05) is 6.61 Å². The molecule has 1 fully saturated rings. The van der Waals surface area contributed by atoms with Gasteiger partial charge in [0.2, 0.25) is 0 Å². The minimum Gasteiger partial charge on any atom is -0.490 e. The summed E-state index contributed by atoms with van der Waals surface area (Å²) in [5.41, 5.74) is 17.0. The number of carbonyl (C=O) groups excluding carboxylic acids is 1. The maximum absolute atomic E-state index is 11.9. The Morgan fingerprint density at radius 2 is 1.81 bits per heavy atom. The van der Waals surface area contributed by atoms with Crippen molar-refractivity contribution in [3.05, 3.63) is 71.9 Å². The van der Waals surface area contributed by atoms with Crippen LogP contribution in [0.2, 0.25) is 0 Å². The monoisotopic (exact) mass is 427 g/mol. The van der Waals surface area contributed by atoms with Crippen molar-refractivity contribution in [3.63, 3.8) is 0 Å². The molecule has 1 aliphatic rings. The maximum atomic E-state index is 11.9. The Labute approximate surface area is 186 Å². The predicted molar refractivity (Wildman–Crippen MR) is 123 cm³/mol. The van der Waals surface area contributed by atoms with Gasteiger partial charge in [0.25, 0.3) is 5.91 Å². The minimum absolute atomic E-state index is 0.118. The van der Waals surface area contributed by atoms with E-state index >= 15 is 0 Å². The van der Waals surface area contributed by atoms with Crippen LogP contribution in [0, 0.1) is 0 Å². The summed E-state index contributed by atoms with van der Waals surface area (Å²) in [6.07, 6.45) is 3.18. The summed E-state index contributed by atoms with van der Waals surface area (Å²) in [5.74, 6) is -0.160. The molecule has 4 N–H and O–H groups in total. The number of fused-ring (bicyclic) bond motifs is 1. The Kier molecular flexibility index (Phi) is 4.90. The first-order chi connectivity index (χ1) is 15.5. The molecule has 7 nitrogen and oxygen atoms in total. The molecule has 0 saturated heterocycles. The average molecular weight is 428 g/mol. The lowest BCUT2D eigenvalue weighted by atomic mass is 9.72. The lowest BCUT2D eigenvalue weighted by Gasteiger charge is -2.38. The van der Waals surface area contributed by atoms with Crippen LogP contribution in [0.15, 0.2) is 60.7 Å². The molecule has 1 saturated carbocycles. The lowest BCUT2D eigenvalue weighted by molar-refractivity contribution is 0.0993. The molecule has 0 bridgehead atoms. The highest BCUT2D eigenvalue weighted by atomic mass is 16.5. The van der Waals surface area contributed by atoms with Crippen LogP contribution in [0.25, 0.3) is 28.2 Å². The number of amides is 1. The van der Waals surface area contributed by atoms with Gasteiger partial charge in [-0.1, -0.05) is 54.6 Å². The number of imidazole rings is 1. The van der Waals surface area contributed by atoms with E-state index in [4.69, 9.17) is 21.2 Å². The lowest BCUT2D eigenvalue weighted by Crippen LogP contribution is -2.43. The van der Waals surface area contributed by atoms with Gasteiger partial charge in [0.1, 0.15) is 5.69 Å². The normalized spacial score (nSPS) is 14.8. The minimum atomic E-state index is -0.625. The van der Waals surface area contributed by atoms with E-state index in [1.54, 1.807) is 10.6 Å². The number of primary amides is 1. The molecule has 4 aromatic rings. The fraction of sp³-hybridized carbons (Fsp3) is 0.240. The number of hydrogen-bond acceptors (Lipinski definition) is 5. The van der Waals surface area contributed by atoms with Crippen LogP contribution < -0.4 is 16.2 Å². The van der Waals surface area contributed by atoms with Gasteiger partial charge in [-0.2, -0.15) is 5.10 Å². The first kappa shape index (κ1) is 20.2. The van der Waals surface area contributed by atoms with E-state index in [9.17, 15) is 4.79 Å². The third kappa shape index (κ3) is 3.31. The second-order valence-electron chi connectivity index (χ2n) is 8.19. The fourth-order valence-corrected chi connectivity index (χ4v) is 4.24. The van der Waals surface area contributed by atoms with E-state index in [-0.39, 0.29) is 11.2 Å². The van der Waals surface area contributed by atoms with E-state index in [0.717, 1.165) is 47.3 Å². The fourth-order valence-electron chi connectivity index (χ4n) is 4.24. The quantitative estimate of drug-likeness (QED) is 0.485. The molecule has 2 aromatic carbocycles.